The Bertz CT molecular complexity index is 277. The van der Waals surface area contributed by atoms with Gasteiger partial charge in [-0.1, -0.05) is 12.1 Å². The van der Waals surface area contributed by atoms with Gasteiger partial charge >= 0.3 is 5.97 Å². The average Bonchev–Trinajstić information content (AvgIpc) is 2.04. The number of rotatable bonds is 2. The van der Waals surface area contributed by atoms with Gasteiger partial charge in [-0.25, -0.2) is 4.79 Å². The van der Waals surface area contributed by atoms with Crippen molar-refractivity contribution in [3.8, 4) is 0 Å². The zero-order valence-electron chi connectivity index (χ0n) is 6.82. The Kier molecular flexibility index (Phi) is 2.45. The predicted molar refractivity (Wildman–Crippen MR) is 46.0 cm³/mol. The molecule has 1 aromatic carbocycles. The Balaban J connectivity index is 2.93. The summed E-state index contributed by atoms with van der Waals surface area (Å²) in [6.45, 7) is 1.86. The van der Waals surface area contributed by atoms with Crippen LogP contribution in [0.15, 0.2) is 24.3 Å². The fraction of sp³-hybridized carbons (Fsp3) is 0.222. The zero-order chi connectivity index (χ0) is 9.14. The molecule has 12 heavy (non-hydrogen) atoms. The highest BCUT2D eigenvalue weighted by molar-refractivity contribution is 5.87. The summed E-state index contributed by atoms with van der Waals surface area (Å²) in [4.78, 5) is 10.5. The van der Waals surface area contributed by atoms with Crippen LogP contribution < -0.4 is 5.73 Å². The number of aromatic carboxylic acids is 1. The normalized spacial score (nSPS) is 12.5. The third kappa shape index (κ3) is 1.83. The first kappa shape index (κ1) is 8.74. The second kappa shape index (κ2) is 3.36. The van der Waals surface area contributed by atoms with E-state index < -0.39 is 5.97 Å². The molecule has 1 atom stereocenters. The standard InChI is InChI=1S/C9H11NO2/c1-6(10)7-2-4-8(5-3-7)9(11)12/h2-6H,10H2,1H3,(H,11,12). The lowest BCUT2D eigenvalue weighted by Crippen LogP contribution is -2.05. The summed E-state index contributed by atoms with van der Waals surface area (Å²) < 4.78 is 0. The molecule has 0 aromatic heterocycles. The molecule has 0 amide bonds. The van der Waals surface area contributed by atoms with E-state index in [1.807, 2.05) is 6.92 Å². The maximum Gasteiger partial charge on any atom is 0.335 e. The van der Waals surface area contributed by atoms with Crippen LogP contribution in [0.1, 0.15) is 28.9 Å². The summed E-state index contributed by atoms with van der Waals surface area (Å²) in [5.74, 6) is -0.911. The summed E-state index contributed by atoms with van der Waals surface area (Å²) in [5, 5.41) is 8.58. The van der Waals surface area contributed by atoms with Crippen molar-refractivity contribution in [1.29, 1.82) is 0 Å². The van der Waals surface area contributed by atoms with E-state index in [1.165, 1.54) is 0 Å². The molecule has 0 heterocycles. The minimum Gasteiger partial charge on any atom is -0.478 e. The molecule has 1 rings (SSSR count). The molecule has 1 unspecified atom stereocenters. The van der Waals surface area contributed by atoms with Crippen molar-refractivity contribution in [3.63, 3.8) is 0 Å². The van der Waals surface area contributed by atoms with E-state index in [0.717, 1.165) is 5.56 Å². The molecule has 0 spiro atoms. The van der Waals surface area contributed by atoms with Crippen LogP contribution in [0.4, 0.5) is 0 Å². The van der Waals surface area contributed by atoms with Gasteiger partial charge in [0.1, 0.15) is 0 Å². The molecule has 3 heteroatoms. The quantitative estimate of drug-likeness (QED) is 0.696. The van der Waals surface area contributed by atoms with Crippen molar-refractivity contribution in [1.82, 2.24) is 0 Å². The first-order valence-corrected chi connectivity index (χ1v) is 3.70. The molecule has 0 aliphatic heterocycles. The van der Waals surface area contributed by atoms with Gasteiger partial charge in [0.15, 0.2) is 0 Å². The number of benzene rings is 1. The highest BCUT2D eigenvalue weighted by Crippen LogP contribution is 2.10. The predicted octanol–water partition coefficient (Wildman–Crippen LogP) is 1.40. The van der Waals surface area contributed by atoms with E-state index in [1.54, 1.807) is 24.3 Å². The molecule has 0 bridgehead atoms. The number of hydrogen-bond donors (Lipinski definition) is 2. The van der Waals surface area contributed by atoms with Crippen molar-refractivity contribution in [2.24, 2.45) is 5.73 Å². The molecule has 64 valence electrons. The van der Waals surface area contributed by atoms with E-state index in [0.29, 0.717) is 5.56 Å². The highest BCUT2D eigenvalue weighted by Gasteiger charge is 2.02. The monoisotopic (exact) mass is 165 g/mol. The number of hydrogen-bond acceptors (Lipinski definition) is 2. The first-order valence-electron chi connectivity index (χ1n) is 3.70. The summed E-state index contributed by atoms with van der Waals surface area (Å²) in [6, 6.07) is 6.53. The lowest BCUT2D eigenvalue weighted by molar-refractivity contribution is 0.0697. The lowest BCUT2D eigenvalue weighted by atomic mass is 10.1. The van der Waals surface area contributed by atoms with Gasteiger partial charge in [-0.15, -0.1) is 0 Å². The van der Waals surface area contributed by atoms with E-state index in [4.69, 9.17) is 10.8 Å². The summed E-state index contributed by atoms with van der Waals surface area (Å²) in [7, 11) is 0. The van der Waals surface area contributed by atoms with Crippen LogP contribution in [0.2, 0.25) is 0 Å². The SMILES string of the molecule is CC(N)c1ccc(C(=O)O)cc1. The first-order chi connectivity index (χ1) is 5.61. The third-order valence-corrected chi connectivity index (χ3v) is 1.68. The maximum atomic E-state index is 10.5. The van der Waals surface area contributed by atoms with Crippen LogP contribution in [0.3, 0.4) is 0 Å². The van der Waals surface area contributed by atoms with Crippen LogP contribution in [-0.4, -0.2) is 11.1 Å². The lowest BCUT2D eigenvalue weighted by Gasteiger charge is -2.04. The van der Waals surface area contributed by atoms with Crippen LogP contribution in [0, 0.1) is 0 Å². The average molecular weight is 165 g/mol. The summed E-state index contributed by atoms with van der Waals surface area (Å²) in [6.07, 6.45) is 0. The van der Waals surface area contributed by atoms with E-state index >= 15 is 0 Å². The van der Waals surface area contributed by atoms with E-state index in [9.17, 15) is 4.79 Å². The molecule has 0 aliphatic carbocycles. The largest absolute Gasteiger partial charge is 0.478 e. The molecule has 1 aromatic rings. The summed E-state index contributed by atoms with van der Waals surface area (Å²) in [5.41, 5.74) is 6.83. The van der Waals surface area contributed by atoms with Gasteiger partial charge in [-0.2, -0.15) is 0 Å². The van der Waals surface area contributed by atoms with E-state index in [-0.39, 0.29) is 6.04 Å². The number of carboxylic acid groups (broad SMARTS) is 1. The van der Waals surface area contributed by atoms with Gasteiger partial charge < -0.3 is 10.8 Å². The third-order valence-electron chi connectivity index (χ3n) is 1.68. The van der Waals surface area contributed by atoms with Gasteiger partial charge in [0.05, 0.1) is 5.56 Å². The fourth-order valence-electron chi connectivity index (χ4n) is 0.929. The second-order valence-corrected chi connectivity index (χ2v) is 2.72. The second-order valence-electron chi connectivity index (χ2n) is 2.72. The Labute approximate surface area is 70.8 Å². The van der Waals surface area contributed by atoms with Gasteiger partial charge in [-0.05, 0) is 24.6 Å². The highest BCUT2D eigenvalue weighted by atomic mass is 16.4. The zero-order valence-corrected chi connectivity index (χ0v) is 6.82. The van der Waals surface area contributed by atoms with Crippen molar-refractivity contribution < 1.29 is 9.90 Å². The van der Waals surface area contributed by atoms with Gasteiger partial charge in [0.25, 0.3) is 0 Å². The van der Waals surface area contributed by atoms with Gasteiger partial charge in [0, 0.05) is 6.04 Å². The molecule has 0 radical (unpaired) electrons. The molecule has 0 saturated carbocycles. The number of nitrogens with two attached hydrogens (primary N) is 1. The van der Waals surface area contributed by atoms with Crippen molar-refractivity contribution in [3.05, 3.63) is 35.4 Å². The van der Waals surface area contributed by atoms with Crippen molar-refractivity contribution in [2.75, 3.05) is 0 Å². The van der Waals surface area contributed by atoms with Crippen molar-refractivity contribution >= 4 is 5.97 Å². The molecular weight excluding hydrogens is 154 g/mol. The minimum absolute atomic E-state index is 0.0483. The molecule has 3 nitrogen and oxygen atoms in total. The molecule has 0 saturated heterocycles. The Morgan fingerprint density at radius 3 is 2.25 bits per heavy atom. The molecule has 0 fully saturated rings. The maximum absolute atomic E-state index is 10.5. The molecule has 0 aliphatic rings. The smallest absolute Gasteiger partial charge is 0.335 e. The van der Waals surface area contributed by atoms with Crippen molar-refractivity contribution in [2.45, 2.75) is 13.0 Å². The Morgan fingerprint density at radius 1 is 1.42 bits per heavy atom. The van der Waals surface area contributed by atoms with Crippen LogP contribution >= 0.6 is 0 Å². The molecule has 3 N–H and O–H groups in total. The number of carboxylic acids is 1. The number of carbonyl (C=O) groups is 1. The molecular formula is C9H11NO2. The fourth-order valence-corrected chi connectivity index (χ4v) is 0.929. The summed E-state index contributed by atoms with van der Waals surface area (Å²) >= 11 is 0. The van der Waals surface area contributed by atoms with E-state index in [2.05, 4.69) is 0 Å². The van der Waals surface area contributed by atoms with Crippen LogP contribution in [0.5, 0.6) is 0 Å². The van der Waals surface area contributed by atoms with Gasteiger partial charge in [-0.3, -0.25) is 0 Å². The van der Waals surface area contributed by atoms with Gasteiger partial charge in [0.2, 0.25) is 0 Å². The Morgan fingerprint density at radius 2 is 1.92 bits per heavy atom. The van der Waals surface area contributed by atoms with Crippen LogP contribution in [0.25, 0.3) is 0 Å². The minimum atomic E-state index is -0.911. The topological polar surface area (TPSA) is 63.3 Å². The Hall–Kier alpha value is -1.35. The van der Waals surface area contributed by atoms with Crippen LogP contribution in [-0.2, 0) is 0 Å².